The normalized spacial score (nSPS) is 14.6. The molecule has 0 fully saturated rings. The summed E-state index contributed by atoms with van der Waals surface area (Å²) >= 11 is 3.42. The lowest BCUT2D eigenvalue weighted by molar-refractivity contribution is -0.207. The Hall–Kier alpha value is -0.620. The van der Waals surface area contributed by atoms with Gasteiger partial charge in [-0.25, -0.2) is 0 Å². The van der Waals surface area contributed by atoms with Crippen LogP contribution in [0.4, 0.5) is 0 Å². The van der Waals surface area contributed by atoms with Gasteiger partial charge in [-0.2, -0.15) is 0 Å². The van der Waals surface area contributed by atoms with Gasteiger partial charge in [-0.05, 0) is 40.5 Å². The van der Waals surface area contributed by atoms with E-state index in [9.17, 15) is 5.11 Å². The van der Waals surface area contributed by atoms with Gasteiger partial charge in [-0.15, -0.1) is 0 Å². The second kappa shape index (κ2) is 6.52. The van der Waals surface area contributed by atoms with Gasteiger partial charge in [0.05, 0.1) is 11.6 Å². The minimum absolute atomic E-state index is 0.419. The van der Waals surface area contributed by atoms with Crippen molar-refractivity contribution in [3.8, 4) is 5.75 Å². The Labute approximate surface area is 116 Å². The van der Waals surface area contributed by atoms with Crippen LogP contribution in [0.3, 0.4) is 0 Å². The lowest BCUT2D eigenvalue weighted by atomic mass is 9.96. The van der Waals surface area contributed by atoms with Crippen LogP contribution in [-0.4, -0.2) is 38.3 Å². The molecule has 0 aliphatic rings. The molecule has 5 heteroatoms. The number of methoxy groups -OCH3 is 3. The Kier molecular flexibility index (Phi) is 5.59. The first-order valence-electron chi connectivity index (χ1n) is 5.55. The summed E-state index contributed by atoms with van der Waals surface area (Å²) in [7, 11) is 4.63. The van der Waals surface area contributed by atoms with Gasteiger partial charge >= 0.3 is 0 Å². The molecule has 0 amide bonds. The van der Waals surface area contributed by atoms with Gasteiger partial charge in [0.25, 0.3) is 0 Å². The van der Waals surface area contributed by atoms with E-state index in [2.05, 4.69) is 15.9 Å². The SMILES string of the molecule is COc1ccc(CC(C)(O)C(OC)OC)cc1Br. The van der Waals surface area contributed by atoms with Crippen LogP contribution < -0.4 is 4.74 Å². The van der Waals surface area contributed by atoms with Crippen LogP contribution in [-0.2, 0) is 15.9 Å². The molecule has 0 saturated heterocycles. The molecule has 1 aromatic carbocycles. The molecule has 1 aromatic rings. The van der Waals surface area contributed by atoms with Crippen LogP contribution in [0.2, 0.25) is 0 Å². The molecule has 102 valence electrons. The Morgan fingerprint density at radius 1 is 1.28 bits per heavy atom. The smallest absolute Gasteiger partial charge is 0.185 e. The number of ether oxygens (including phenoxy) is 3. The fourth-order valence-electron chi connectivity index (χ4n) is 1.92. The predicted molar refractivity (Wildman–Crippen MR) is 72.8 cm³/mol. The zero-order valence-corrected chi connectivity index (χ0v) is 12.7. The average molecular weight is 319 g/mol. The summed E-state index contributed by atoms with van der Waals surface area (Å²) in [5, 5.41) is 10.3. The van der Waals surface area contributed by atoms with E-state index >= 15 is 0 Å². The highest BCUT2D eigenvalue weighted by Gasteiger charge is 2.32. The quantitative estimate of drug-likeness (QED) is 0.818. The molecule has 1 atom stereocenters. The van der Waals surface area contributed by atoms with Crippen molar-refractivity contribution >= 4 is 15.9 Å². The van der Waals surface area contributed by atoms with E-state index in [0.717, 1.165) is 15.8 Å². The zero-order valence-electron chi connectivity index (χ0n) is 11.1. The Morgan fingerprint density at radius 3 is 2.33 bits per heavy atom. The molecular formula is C13H19BrO4. The summed E-state index contributed by atoms with van der Waals surface area (Å²) in [6.45, 7) is 1.68. The van der Waals surface area contributed by atoms with Gasteiger partial charge < -0.3 is 19.3 Å². The molecule has 0 heterocycles. The molecule has 1 N–H and O–H groups in total. The summed E-state index contributed by atoms with van der Waals surface area (Å²) in [5.41, 5.74) is -0.135. The first-order chi connectivity index (χ1) is 8.44. The van der Waals surface area contributed by atoms with Crippen molar-refractivity contribution in [3.63, 3.8) is 0 Å². The lowest BCUT2D eigenvalue weighted by Gasteiger charge is -2.30. The van der Waals surface area contributed by atoms with E-state index in [0.29, 0.717) is 6.42 Å². The number of hydrogen-bond donors (Lipinski definition) is 1. The van der Waals surface area contributed by atoms with Crippen molar-refractivity contribution in [1.82, 2.24) is 0 Å². The molecule has 0 aromatic heterocycles. The molecular weight excluding hydrogens is 300 g/mol. The van der Waals surface area contributed by atoms with Crippen LogP contribution in [0.1, 0.15) is 12.5 Å². The molecule has 0 spiro atoms. The molecule has 0 bridgehead atoms. The molecule has 0 saturated carbocycles. The molecule has 0 aliphatic heterocycles. The summed E-state index contributed by atoms with van der Waals surface area (Å²) in [6.07, 6.45) is -0.250. The maximum atomic E-state index is 10.3. The van der Waals surface area contributed by atoms with Crippen molar-refractivity contribution in [1.29, 1.82) is 0 Å². The molecule has 1 unspecified atom stereocenters. The van der Waals surface area contributed by atoms with Crippen molar-refractivity contribution in [2.45, 2.75) is 25.2 Å². The number of hydrogen-bond acceptors (Lipinski definition) is 4. The standard InChI is InChI=1S/C13H19BrO4/c1-13(15,12(17-3)18-4)8-9-5-6-11(16-2)10(14)7-9/h5-7,12,15H,8H2,1-4H3. The molecule has 4 nitrogen and oxygen atoms in total. The van der Waals surface area contributed by atoms with Gasteiger partial charge in [-0.1, -0.05) is 6.07 Å². The van der Waals surface area contributed by atoms with Crippen molar-refractivity contribution in [2.75, 3.05) is 21.3 Å². The summed E-state index contributed by atoms with van der Waals surface area (Å²) < 4.78 is 16.2. The number of rotatable bonds is 6. The zero-order chi connectivity index (χ0) is 13.8. The van der Waals surface area contributed by atoms with E-state index in [1.54, 1.807) is 14.0 Å². The highest BCUT2D eigenvalue weighted by Crippen LogP contribution is 2.28. The largest absolute Gasteiger partial charge is 0.496 e. The molecule has 18 heavy (non-hydrogen) atoms. The van der Waals surface area contributed by atoms with Crippen LogP contribution in [0.25, 0.3) is 0 Å². The van der Waals surface area contributed by atoms with E-state index in [4.69, 9.17) is 14.2 Å². The Morgan fingerprint density at radius 2 is 1.89 bits per heavy atom. The van der Waals surface area contributed by atoms with Crippen molar-refractivity contribution < 1.29 is 19.3 Å². The third kappa shape index (κ3) is 3.68. The predicted octanol–water partition coefficient (Wildman–Crippen LogP) is 2.37. The van der Waals surface area contributed by atoms with Crippen molar-refractivity contribution in [2.24, 2.45) is 0 Å². The maximum absolute atomic E-state index is 10.3. The number of benzene rings is 1. The Balaban J connectivity index is 2.86. The first-order valence-corrected chi connectivity index (χ1v) is 6.34. The first kappa shape index (κ1) is 15.4. The number of aliphatic hydroxyl groups is 1. The van der Waals surface area contributed by atoms with Crippen LogP contribution in [0.15, 0.2) is 22.7 Å². The minimum atomic E-state index is -1.10. The van der Waals surface area contributed by atoms with Gasteiger partial charge in [0.2, 0.25) is 0 Å². The Bertz CT molecular complexity index is 389. The van der Waals surface area contributed by atoms with Crippen LogP contribution >= 0.6 is 15.9 Å². The van der Waals surface area contributed by atoms with E-state index in [1.165, 1.54) is 14.2 Å². The van der Waals surface area contributed by atoms with Gasteiger partial charge in [0.15, 0.2) is 6.29 Å². The van der Waals surface area contributed by atoms with Crippen LogP contribution in [0.5, 0.6) is 5.75 Å². The lowest BCUT2D eigenvalue weighted by Crippen LogP contribution is -2.43. The van der Waals surface area contributed by atoms with Gasteiger partial charge in [-0.3, -0.25) is 0 Å². The second-order valence-corrected chi connectivity index (χ2v) is 5.16. The number of halogens is 1. The van der Waals surface area contributed by atoms with Gasteiger partial charge in [0, 0.05) is 20.6 Å². The third-order valence-electron chi connectivity index (χ3n) is 2.71. The topological polar surface area (TPSA) is 47.9 Å². The van der Waals surface area contributed by atoms with Crippen LogP contribution in [0, 0.1) is 0 Å². The summed E-state index contributed by atoms with van der Waals surface area (Å²) in [4.78, 5) is 0. The molecule has 1 rings (SSSR count). The average Bonchev–Trinajstić information content (AvgIpc) is 2.29. The van der Waals surface area contributed by atoms with E-state index in [-0.39, 0.29) is 0 Å². The molecule has 0 aliphatic carbocycles. The fraction of sp³-hybridized carbons (Fsp3) is 0.538. The van der Waals surface area contributed by atoms with E-state index in [1.807, 2.05) is 18.2 Å². The second-order valence-electron chi connectivity index (χ2n) is 4.31. The fourth-order valence-corrected chi connectivity index (χ4v) is 2.51. The summed E-state index contributed by atoms with van der Waals surface area (Å²) in [6, 6.07) is 5.67. The van der Waals surface area contributed by atoms with Gasteiger partial charge in [0.1, 0.15) is 11.4 Å². The highest BCUT2D eigenvalue weighted by molar-refractivity contribution is 9.10. The third-order valence-corrected chi connectivity index (χ3v) is 3.33. The van der Waals surface area contributed by atoms with E-state index < -0.39 is 11.9 Å². The minimum Gasteiger partial charge on any atom is -0.496 e. The van der Waals surface area contributed by atoms with Crippen molar-refractivity contribution in [3.05, 3.63) is 28.2 Å². The summed E-state index contributed by atoms with van der Waals surface area (Å²) in [5.74, 6) is 0.758. The maximum Gasteiger partial charge on any atom is 0.185 e. The molecule has 0 radical (unpaired) electrons. The highest BCUT2D eigenvalue weighted by atomic mass is 79.9. The monoisotopic (exact) mass is 318 g/mol.